The van der Waals surface area contributed by atoms with Crippen molar-refractivity contribution in [2.24, 2.45) is 0 Å². The molecule has 0 saturated heterocycles. The van der Waals surface area contributed by atoms with Gasteiger partial charge in [-0.2, -0.15) is 0 Å². The average Bonchev–Trinajstić information content (AvgIpc) is 2.00. The van der Waals surface area contributed by atoms with E-state index in [0.717, 1.165) is 6.42 Å². The zero-order valence-corrected chi connectivity index (χ0v) is 8.61. The van der Waals surface area contributed by atoms with Gasteiger partial charge < -0.3 is 5.11 Å². The first-order valence-corrected chi connectivity index (χ1v) is 5.29. The zero-order valence-electron chi connectivity index (χ0n) is 7.05. The maximum absolute atomic E-state index is 8.61. The molecule has 0 fully saturated rings. The van der Waals surface area contributed by atoms with Crippen LogP contribution in [0.5, 0.6) is 0 Å². The molecule has 11 heavy (non-hydrogen) atoms. The van der Waals surface area contributed by atoms with Crippen LogP contribution < -0.4 is 0 Å². The summed E-state index contributed by atoms with van der Waals surface area (Å²) in [7, 11) is 0. The third kappa shape index (κ3) is 25.1. The van der Waals surface area contributed by atoms with Crippen LogP contribution in [0.25, 0.3) is 0 Å². The van der Waals surface area contributed by atoms with Crippen molar-refractivity contribution in [3.05, 3.63) is 0 Å². The van der Waals surface area contributed by atoms with Crippen molar-refractivity contribution in [2.75, 3.05) is 6.61 Å². The Morgan fingerprint density at radius 2 is 1.64 bits per heavy atom. The van der Waals surface area contributed by atoms with Crippen LogP contribution in [-0.4, -0.2) is 15.4 Å². The number of rotatable bonds is 5. The second kappa shape index (κ2) is 16.8. The predicted octanol–water partition coefficient (Wildman–Crippen LogP) is 1.27. The second-order valence-electron chi connectivity index (χ2n) is 2.23. The van der Waals surface area contributed by atoms with Crippen molar-refractivity contribution in [3.8, 4) is 0 Å². The average molecular weight is 197 g/mol. The Morgan fingerprint density at radius 3 is 2.00 bits per heavy atom. The van der Waals surface area contributed by atoms with E-state index >= 15 is 0 Å². The van der Waals surface area contributed by atoms with E-state index in [-0.39, 0.29) is 0 Å². The van der Waals surface area contributed by atoms with Gasteiger partial charge in [-0.1, -0.05) is 32.6 Å². The van der Waals surface area contributed by atoms with E-state index in [9.17, 15) is 0 Å². The fourth-order valence-electron chi connectivity index (χ4n) is 0.715. The Balaban J connectivity index is 0. The number of hydrogen-bond acceptors (Lipinski definition) is 2. The number of aliphatic hydroxyl groups is 1. The van der Waals surface area contributed by atoms with Gasteiger partial charge in [0.1, 0.15) is 0 Å². The van der Waals surface area contributed by atoms with Gasteiger partial charge in [-0.3, -0.25) is 0 Å². The van der Waals surface area contributed by atoms with Crippen LogP contribution in [0.1, 0.15) is 39.0 Å². The van der Waals surface area contributed by atoms with Crippen molar-refractivity contribution in [1.82, 2.24) is 0 Å². The van der Waals surface area contributed by atoms with Gasteiger partial charge >= 0.3 is 26.5 Å². The van der Waals surface area contributed by atoms with Gasteiger partial charge in [0.25, 0.3) is 0 Å². The first-order chi connectivity index (χ1) is 5.33. The molecule has 0 aliphatic rings. The zero-order chi connectivity index (χ0) is 8.95. The van der Waals surface area contributed by atoms with Gasteiger partial charge in [-0.05, 0) is 6.42 Å². The standard InChI is InChI=1S/C7H16O.H2O.O.Ti/c1-2-3-4-5-6-7-8;;;/h8H,2-7H2,1H3;1H2;;/q;;;+1/p-1. The summed E-state index contributed by atoms with van der Waals surface area (Å²) in [6.07, 6.45) is 6.08. The molecule has 0 saturated carbocycles. The normalized spacial score (nSPS) is 7.91. The maximum atomic E-state index is 8.61. The molecule has 0 radical (unpaired) electrons. The number of hydrogen-bond donors (Lipinski definition) is 2. The fourth-order valence-corrected chi connectivity index (χ4v) is 0.715. The van der Waals surface area contributed by atoms with Crippen molar-refractivity contribution in [3.63, 3.8) is 0 Å². The molecule has 0 aliphatic carbocycles. The quantitative estimate of drug-likeness (QED) is 0.515. The molecule has 3 nitrogen and oxygen atoms in total. The molecule has 0 heterocycles. The molecule has 0 aromatic carbocycles. The van der Waals surface area contributed by atoms with Crippen molar-refractivity contribution in [2.45, 2.75) is 39.0 Å². The molecule has 0 aromatic rings. The van der Waals surface area contributed by atoms with E-state index < -0.39 is 19.5 Å². The van der Waals surface area contributed by atoms with Crippen LogP contribution in [0, 0.1) is 0 Å². The van der Waals surface area contributed by atoms with E-state index in [1.807, 2.05) is 0 Å². The molecule has 0 aromatic heterocycles. The second-order valence-corrected chi connectivity index (χ2v) is 2.51. The van der Waals surface area contributed by atoms with Crippen molar-refractivity contribution in [1.29, 1.82) is 0 Å². The summed E-state index contributed by atoms with van der Waals surface area (Å²) in [6, 6.07) is 0. The Hall–Kier alpha value is 0.434. The molecule has 2 N–H and O–H groups in total. The summed E-state index contributed by atoms with van der Waals surface area (Å²) >= 11 is -1.75. The number of aliphatic hydroxyl groups excluding tert-OH is 1. The molecule has 0 spiro atoms. The Kier molecular flexibility index (Phi) is 21.4. The van der Waals surface area contributed by atoms with E-state index in [0.29, 0.717) is 6.61 Å². The van der Waals surface area contributed by atoms with Crippen molar-refractivity contribution < 1.29 is 31.6 Å². The van der Waals surface area contributed by atoms with Gasteiger partial charge in [-0.25, -0.2) is 0 Å². The molecule has 0 rings (SSSR count). The molecular formula is C7H17O3Ti. The first-order valence-electron chi connectivity index (χ1n) is 3.95. The van der Waals surface area contributed by atoms with Crippen LogP contribution >= 0.6 is 0 Å². The summed E-state index contributed by atoms with van der Waals surface area (Å²) in [6.45, 7) is 2.56. The minimum atomic E-state index is -1.75. The Labute approximate surface area is 77.5 Å². The van der Waals surface area contributed by atoms with Crippen LogP contribution in [0.3, 0.4) is 0 Å². The molecule has 4 heteroatoms. The van der Waals surface area contributed by atoms with Crippen LogP contribution in [0.15, 0.2) is 0 Å². The SMILES string of the molecule is CCCCCCCO.[O]=[Ti][OH]. The molecule has 0 atom stereocenters. The van der Waals surface area contributed by atoms with Gasteiger partial charge in [0.2, 0.25) is 0 Å². The third-order valence-corrected chi connectivity index (χ3v) is 1.26. The summed E-state index contributed by atoms with van der Waals surface area (Å²) < 4.78 is 15.8. The van der Waals surface area contributed by atoms with Gasteiger partial charge in [0.15, 0.2) is 0 Å². The Bertz CT molecular complexity index is 62.7. The minimum absolute atomic E-state index is 0.365. The van der Waals surface area contributed by atoms with E-state index in [1.165, 1.54) is 25.7 Å². The molecule has 67 valence electrons. The summed E-state index contributed by atoms with van der Waals surface area (Å²) in [4.78, 5) is 0. The molecule has 0 amide bonds. The summed E-state index contributed by atoms with van der Waals surface area (Å²) in [5.41, 5.74) is 0. The van der Waals surface area contributed by atoms with Gasteiger partial charge in [0, 0.05) is 6.61 Å². The van der Waals surface area contributed by atoms with Gasteiger partial charge in [0.05, 0.1) is 0 Å². The molecule has 0 unspecified atom stereocenters. The van der Waals surface area contributed by atoms with Crippen molar-refractivity contribution >= 4 is 0 Å². The molecular weight excluding hydrogens is 180 g/mol. The fraction of sp³-hybridized carbons (Fsp3) is 1.00. The van der Waals surface area contributed by atoms with Crippen LogP contribution in [0.4, 0.5) is 0 Å². The first kappa shape index (κ1) is 14.0. The van der Waals surface area contributed by atoms with E-state index in [1.54, 1.807) is 0 Å². The van der Waals surface area contributed by atoms with E-state index in [4.69, 9.17) is 12.1 Å². The van der Waals surface area contributed by atoms with E-state index in [2.05, 4.69) is 6.92 Å². The summed E-state index contributed by atoms with van der Waals surface area (Å²) in [5.74, 6) is 0. The predicted molar refractivity (Wildman–Crippen MR) is 38.8 cm³/mol. The Morgan fingerprint density at radius 1 is 1.18 bits per heavy atom. The monoisotopic (exact) mass is 197 g/mol. The van der Waals surface area contributed by atoms with Crippen LogP contribution in [0.2, 0.25) is 0 Å². The topological polar surface area (TPSA) is 57.5 Å². The molecule has 0 aliphatic heterocycles. The third-order valence-electron chi connectivity index (χ3n) is 1.26. The molecule has 0 bridgehead atoms. The summed E-state index contributed by atoms with van der Waals surface area (Å²) in [5, 5.41) is 8.37. The van der Waals surface area contributed by atoms with Crippen LogP contribution in [-0.2, 0) is 22.8 Å². The number of unbranched alkanes of at least 4 members (excludes halogenated alkanes) is 4. The van der Waals surface area contributed by atoms with Gasteiger partial charge in [-0.15, -0.1) is 0 Å².